The topological polar surface area (TPSA) is 46.3 Å². The number of nitrogens with zero attached hydrogens (tertiary/aromatic N) is 1. The molecule has 3 nitrogen and oxygen atoms in total. The molecule has 0 spiro atoms. The Morgan fingerprint density at radius 1 is 1.63 bits per heavy atom. The Hall–Kier alpha value is -0.940. The zero-order valence-electron chi connectivity index (χ0n) is 11.4. The lowest BCUT2D eigenvalue weighted by Crippen LogP contribution is -2.55. The third-order valence-corrected chi connectivity index (χ3v) is 5.44. The van der Waals surface area contributed by atoms with Crippen LogP contribution in [0.4, 0.5) is 0 Å². The minimum atomic E-state index is -0.562. The average molecular weight is 296 g/mol. The number of carbonyl (C=O) groups is 1. The first-order valence-electron chi connectivity index (χ1n) is 6.57. The summed E-state index contributed by atoms with van der Waals surface area (Å²) in [4.78, 5) is 16.1. The van der Waals surface area contributed by atoms with E-state index in [2.05, 4.69) is 18.4 Å². The number of thiocarbonyl (C=S) groups is 1. The first kappa shape index (κ1) is 14.5. The van der Waals surface area contributed by atoms with Gasteiger partial charge in [0.25, 0.3) is 0 Å². The summed E-state index contributed by atoms with van der Waals surface area (Å²) in [5.41, 5.74) is 5.23. The van der Waals surface area contributed by atoms with Gasteiger partial charge in [0.05, 0.1) is 10.4 Å². The number of amides is 1. The summed E-state index contributed by atoms with van der Waals surface area (Å²) in [6.07, 6.45) is 3.53. The highest BCUT2D eigenvalue weighted by Crippen LogP contribution is 2.43. The van der Waals surface area contributed by atoms with Gasteiger partial charge >= 0.3 is 0 Å². The summed E-state index contributed by atoms with van der Waals surface area (Å²) in [6, 6.07) is 4.31. The number of hydrogen-bond donors (Lipinski definition) is 1. The molecule has 0 aliphatic heterocycles. The molecule has 1 saturated carbocycles. The van der Waals surface area contributed by atoms with Crippen molar-refractivity contribution in [3.05, 3.63) is 22.4 Å². The molecule has 1 amide bonds. The van der Waals surface area contributed by atoms with Crippen LogP contribution in [0.3, 0.4) is 0 Å². The van der Waals surface area contributed by atoms with Crippen LogP contribution in [0, 0.1) is 5.41 Å². The molecular weight excluding hydrogens is 276 g/mol. The predicted octanol–water partition coefficient (Wildman–Crippen LogP) is 2.59. The molecule has 0 radical (unpaired) electrons. The van der Waals surface area contributed by atoms with Crippen molar-refractivity contribution in [3.8, 4) is 0 Å². The molecule has 1 aliphatic carbocycles. The zero-order valence-corrected chi connectivity index (χ0v) is 13.0. The van der Waals surface area contributed by atoms with Gasteiger partial charge < -0.3 is 10.6 Å². The monoisotopic (exact) mass is 296 g/mol. The Labute approximate surface area is 123 Å². The number of nitrogens with two attached hydrogens (primary N) is 1. The van der Waals surface area contributed by atoms with Gasteiger partial charge in [-0.25, -0.2) is 0 Å². The minimum Gasteiger partial charge on any atom is -0.392 e. The summed E-state index contributed by atoms with van der Waals surface area (Å²) in [6.45, 7) is 2.07. The van der Waals surface area contributed by atoms with Crippen LogP contribution in [0.2, 0.25) is 0 Å². The van der Waals surface area contributed by atoms with Crippen LogP contribution in [0.25, 0.3) is 0 Å². The molecule has 1 aromatic rings. The summed E-state index contributed by atoms with van der Waals surface area (Å²) in [7, 11) is 1.86. The van der Waals surface area contributed by atoms with Crippen molar-refractivity contribution in [1.82, 2.24) is 4.90 Å². The number of carbonyl (C=O) groups excluding carboxylic acids is 1. The molecule has 1 fully saturated rings. The molecule has 0 aromatic carbocycles. The molecule has 0 bridgehead atoms. The summed E-state index contributed by atoms with van der Waals surface area (Å²) in [5.74, 6) is 0.0929. The Balaban J connectivity index is 2.04. The Bertz CT molecular complexity index is 466. The van der Waals surface area contributed by atoms with Crippen LogP contribution in [-0.4, -0.2) is 28.9 Å². The van der Waals surface area contributed by atoms with E-state index in [0.29, 0.717) is 4.99 Å². The van der Waals surface area contributed by atoms with Crippen molar-refractivity contribution in [1.29, 1.82) is 0 Å². The molecule has 2 N–H and O–H groups in total. The van der Waals surface area contributed by atoms with Gasteiger partial charge in [-0.05, 0) is 31.2 Å². The second kappa shape index (κ2) is 5.59. The molecule has 19 heavy (non-hydrogen) atoms. The average Bonchev–Trinajstić information content (AvgIpc) is 2.78. The van der Waals surface area contributed by atoms with Gasteiger partial charge in [0.1, 0.15) is 0 Å². The van der Waals surface area contributed by atoms with Gasteiger partial charge in [-0.3, -0.25) is 4.79 Å². The smallest absolute Gasteiger partial charge is 0.235 e. The maximum atomic E-state index is 12.6. The Morgan fingerprint density at radius 3 is 2.74 bits per heavy atom. The molecule has 1 heterocycles. The molecule has 104 valence electrons. The van der Waals surface area contributed by atoms with Crippen LogP contribution < -0.4 is 5.73 Å². The van der Waals surface area contributed by atoms with Crippen LogP contribution in [0.15, 0.2) is 17.5 Å². The number of thiophene rings is 1. The molecule has 1 atom stereocenters. The second-order valence-electron chi connectivity index (χ2n) is 5.35. The van der Waals surface area contributed by atoms with Crippen LogP contribution >= 0.6 is 23.6 Å². The standard InChI is InChI=1S/C14H20N2OS2/c1-10(9-11-5-3-8-19-11)16(2)13(17)14(12(15)18)6-4-7-14/h3,5,8,10H,4,6-7,9H2,1-2H3,(H2,15,18). The van der Waals surface area contributed by atoms with Crippen molar-refractivity contribution >= 4 is 34.5 Å². The SMILES string of the molecule is CC(Cc1cccs1)N(C)C(=O)C1(C(N)=S)CCC1. The fraction of sp³-hybridized carbons (Fsp3) is 0.571. The van der Waals surface area contributed by atoms with Gasteiger partial charge in [0.15, 0.2) is 0 Å². The first-order chi connectivity index (χ1) is 8.97. The van der Waals surface area contributed by atoms with Crippen LogP contribution in [0.5, 0.6) is 0 Å². The lowest BCUT2D eigenvalue weighted by Gasteiger charge is -2.43. The van der Waals surface area contributed by atoms with Gasteiger partial charge in [0, 0.05) is 24.4 Å². The van der Waals surface area contributed by atoms with Crippen molar-refractivity contribution in [3.63, 3.8) is 0 Å². The van der Waals surface area contributed by atoms with Gasteiger partial charge in [0.2, 0.25) is 5.91 Å². The van der Waals surface area contributed by atoms with E-state index in [9.17, 15) is 4.79 Å². The van der Waals surface area contributed by atoms with E-state index >= 15 is 0 Å². The third kappa shape index (κ3) is 2.67. The van der Waals surface area contributed by atoms with Crippen molar-refractivity contribution in [2.75, 3.05) is 7.05 Å². The van der Waals surface area contributed by atoms with Gasteiger partial charge in [-0.2, -0.15) is 0 Å². The highest BCUT2D eigenvalue weighted by molar-refractivity contribution is 7.80. The van der Waals surface area contributed by atoms with E-state index in [1.807, 2.05) is 18.0 Å². The molecule has 5 heteroatoms. The van der Waals surface area contributed by atoms with Crippen LogP contribution in [0.1, 0.15) is 31.1 Å². The number of hydrogen-bond acceptors (Lipinski definition) is 3. The van der Waals surface area contributed by atoms with Crippen molar-refractivity contribution in [2.45, 2.75) is 38.6 Å². The van der Waals surface area contributed by atoms with Crippen molar-refractivity contribution < 1.29 is 4.79 Å². The first-order valence-corrected chi connectivity index (χ1v) is 7.86. The second-order valence-corrected chi connectivity index (χ2v) is 6.82. The molecule has 1 unspecified atom stereocenters. The highest BCUT2D eigenvalue weighted by Gasteiger charge is 2.48. The predicted molar refractivity (Wildman–Crippen MR) is 83.3 cm³/mol. The highest BCUT2D eigenvalue weighted by atomic mass is 32.1. The van der Waals surface area contributed by atoms with Gasteiger partial charge in [-0.15, -0.1) is 11.3 Å². The maximum absolute atomic E-state index is 12.6. The normalized spacial score (nSPS) is 18.4. The van der Waals surface area contributed by atoms with E-state index in [1.165, 1.54) is 4.88 Å². The van der Waals surface area contributed by atoms with Gasteiger partial charge in [-0.1, -0.05) is 24.7 Å². The van der Waals surface area contributed by atoms with E-state index in [1.54, 1.807) is 11.3 Å². The third-order valence-electron chi connectivity index (χ3n) is 4.15. The molecule has 1 aromatic heterocycles. The molecular formula is C14H20N2OS2. The molecule has 2 rings (SSSR count). The number of rotatable bonds is 5. The lowest BCUT2D eigenvalue weighted by atomic mass is 9.67. The fourth-order valence-electron chi connectivity index (χ4n) is 2.49. The van der Waals surface area contributed by atoms with Crippen molar-refractivity contribution in [2.24, 2.45) is 11.1 Å². The molecule has 0 saturated heterocycles. The van der Waals surface area contributed by atoms with E-state index in [4.69, 9.17) is 18.0 Å². The lowest BCUT2D eigenvalue weighted by molar-refractivity contribution is -0.142. The summed E-state index contributed by atoms with van der Waals surface area (Å²) in [5, 5.41) is 2.06. The zero-order chi connectivity index (χ0) is 14.0. The van der Waals surface area contributed by atoms with Crippen LogP contribution in [-0.2, 0) is 11.2 Å². The fourth-order valence-corrected chi connectivity index (χ4v) is 3.61. The quantitative estimate of drug-likeness (QED) is 0.850. The Kier molecular flexibility index (Phi) is 4.26. The van der Waals surface area contributed by atoms with E-state index in [-0.39, 0.29) is 11.9 Å². The molecule has 1 aliphatic rings. The minimum absolute atomic E-state index is 0.0929. The Morgan fingerprint density at radius 2 is 2.32 bits per heavy atom. The largest absolute Gasteiger partial charge is 0.392 e. The van der Waals surface area contributed by atoms with E-state index in [0.717, 1.165) is 25.7 Å². The summed E-state index contributed by atoms with van der Waals surface area (Å²) >= 11 is 6.84. The number of likely N-dealkylation sites (N-methyl/N-ethyl adjacent to an activating group) is 1. The van der Waals surface area contributed by atoms with E-state index < -0.39 is 5.41 Å². The summed E-state index contributed by atoms with van der Waals surface area (Å²) < 4.78 is 0. The maximum Gasteiger partial charge on any atom is 0.235 e.